The molecule has 3 atom stereocenters. The number of carbonyl (C=O) groups excluding carboxylic acids is 1. The van der Waals surface area contributed by atoms with Crippen molar-refractivity contribution in [3.05, 3.63) is 65.4 Å². The monoisotopic (exact) mass is 391 g/mol. The minimum Gasteiger partial charge on any atom is -0.489 e. The molecule has 2 bridgehead atoms. The molecule has 29 heavy (non-hydrogen) atoms. The van der Waals surface area contributed by atoms with E-state index < -0.39 is 0 Å². The molecule has 2 fully saturated rings. The van der Waals surface area contributed by atoms with Crippen molar-refractivity contribution in [1.82, 2.24) is 4.90 Å². The lowest BCUT2D eigenvalue weighted by atomic mass is 9.98. The Morgan fingerprint density at radius 2 is 1.86 bits per heavy atom. The second-order valence-electron chi connectivity index (χ2n) is 8.19. The number of nitrogens with zero attached hydrogens (tertiary/aromatic N) is 1. The summed E-state index contributed by atoms with van der Waals surface area (Å²) >= 11 is 0. The zero-order valence-electron chi connectivity index (χ0n) is 16.5. The van der Waals surface area contributed by atoms with Crippen molar-refractivity contribution in [2.45, 2.75) is 57.4 Å². The van der Waals surface area contributed by atoms with E-state index in [4.69, 9.17) is 9.15 Å². The highest BCUT2D eigenvalue weighted by Gasteiger charge is 2.44. The maximum atomic E-state index is 13.5. The van der Waals surface area contributed by atoms with Gasteiger partial charge in [-0.05, 0) is 56.4 Å². The Kier molecular flexibility index (Phi) is 4.55. The maximum absolute atomic E-state index is 13.5. The molecule has 5 nitrogen and oxygen atoms in total. The standard InChI is InChI=1S/C24H25NO4/c1-15-23(24(27)25-17-7-8-18(25)12-19(26)11-17)21-13-20(9-10-22(21)29-15)28-14-16-5-3-2-4-6-16/h2-6,9-10,13,17-19,26H,7-8,11-12,14H2,1H3/t17-,18+,19?. The molecule has 2 saturated heterocycles. The summed E-state index contributed by atoms with van der Waals surface area (Å²) in [5, 5.41) is 10.9. The van der Waals surface area contributed by atoms with Gasteiger partial charge in [-0.25, -0.2) is 0 Å². The number of hydrogen-bond donors (Lipinski definition) is 1. The van der Waals surface area contributed by atoms with Crippen molar-refractivity contribution < 1.29 is 19.1 Å². The molecule has 2 aromatic carbocycles. The summed E-state index contributed by atoms with van der Waals surface area (Å²) in [6.07, 6.45) is 2.98. The first kappa shape index (κ1) is 18.3. The van der Waals surface area contributed by atoms with E-state index in [1.165, 1.54) is 0 Å². The van der Waals surface area contributed by atoms with Gasteiger partial charge in [0.2, 0.25) is 0 Å². The van der Waals surface area contributed by atoms with Crippen molar-refractivity contribution in [2.75, 3.05) is 0 Å². The molecule has 3 heterocycles. The average molecular weight is 391 g/mol. The number of furan rings is 1. The minimum atomic E-state index is -0.295. The van der Waals surface area contributed by atoms with Crippen LogP contribution in [0.3, 0.4) is 0 Å². The molecule has 1 amide bonds. The van der Waals surface area contributed by atoms with Crippen molar-refractivity contribution in [3.63, 3.8) is 0 Å². The van der Waals surface area contributed by atoms with Crippen molar-refractivity contribution >= 4 is 16.9 Å². The lowest BCUT2D eigenvalue weighted by Crippen LogP contribution is -2.48. The third kappa shape index (κ3) is 3.29. The van der Waals surface area contributed by atoms with Gasteiger partial charge in [0.1, 0.15) is 23.7 Å². The van der Waals surface area contributed by atoms with Crippen molar-refractivity contribution in [2.24, 2.45) is 0 Å². The molecule has 0 saturated carbocycles. The second-order valence-corrected chi connectivity index (χ2v) is 8.19. The van der Waals surface area contributed by atoms with E-state index in [0.717, 1.165) is 23.8 Å². The van der Waals surface area contributed by atoms with Crippen LogP contribution in [0.2, 0.25) is 0 Å². The van der Waals surface area contributed by atoms with Crippen LogP contribution in [0.15, 0.2) is 52.9 Å². The Morgan fingerprint density at radius 1 is 1.14 bits per heavy atom. The molecular weight excluding hydrogens is 366 g/mol. The lowest BCUT2D eigenvalue weighted by molar-refractivity contribution is 0.0287. The molecule has 0 aliphatic carbocycles. The second kappa shape index (κ2) is 7.23. The van der Waals surface area contributed by atoms with Gasteiger partial charge in [-0.2, -0.15) is 0 Å². The van der Waals surface area contributed by atoms with Gasteiger partial charge >= 0.3 is 0 Å². The fraction of sp³-hybridized carbons (Fsp3) is 0.375. The van der Waals surface area contributed by atoms with Gasteiger partial charge in [0.05, 0.1) is 11.7 Å². The van der Waals surface area contributed by atoms with E-state index in [9.17, 15) is 9.90 Å². The van der Waals surface area contributed by atoms with Gasteiger partial charge in [0, 0.05) is 17.5 Å². The van der Waals surface area contributed by atoms with Crippen LogP contribution < -0.4 is 4.74 Å². The van der Waals surface area contributed by atoms with E-state index >= 15 is 0 Å². The third-order valence-electron chi connectivity index (χ3n) is 6.24. The highest BCUT2D eigenvalue weighted by atomic mass is 16.5. The van der Waals surface area contributed by atoms with Gasteiger partial charge in [0.15, 0.2) is 0 Å². The first-order valence-electron chi connectivity index (χ1n) is 10.3. The number of hydrogen-bond acceptors (Lipinski definition) is 4. The zero-order chi connectivity index (χ0) is 20.0. The summed E-state index contributed by atoms with van der Waals surface area (Å²) in [7, 11) is 0. The van der Waals surface area contributed by atoms with Gasteiger partial charge in [-0.15, -0.1) is 0 Å². The van der Waals surface area contributed by atoms with E-state index in [0.29, 0.717) is 42.1 Å². The molecule has 5 rings (SSSR count). The van der Waals surface area contributed by atoms with Gasteiger partial charge in [-0.3, -0.25) is 4.79 Å². The topological polar surface area (TPSA) is 62.9 Å². The van der Waals surface area contributed by atoms with Crippen LogP contribution in [0.5, 0.6) is 5.75 Å². The Morgan fingerprint density at radius 3 is 2.59 bits per heavy atom. The lowest BCUT2D eigenvalue weighted by Gasteiger charge is -2.37. The van der Waals surface area contributed by atoms with Crippen molar-refractivity contribution in [3.8, 4) is 5.75 Å². The Hall–Kier alpha value is -2.79. The normalized spacial score (nSPS) is 23.5. The number of benzene rings is 2. The fourth-order valence-corrected chi connectivity index (χ4v) is 4.90. The number of rotatable bonds is 4. The predicted octanol–water partition coefficient (Wildman–Crippen LogP) is 4.45. The molecule has 5 heteroatoms. The number of piperidine rings is 1. The number of aliphatic hydroxyl groups excluding tert-OH is 1. The first-order chi connectivity index (χ1) is 14.1. The molecule has 1 N–H and O–H groups in total. The molecule has 2 aliphatic heterocycles. The van der Waals surface area contributed by atoms with E-state index in [2.05, 4.69) is 0 Å². The van der Waals surface area contributed by atoms with Gasteiger partial charge in [0.25, 0.3) is 5.91 Å². The summed E-state index contributed by atoms with van der Waals surface area (Å²) in [4.78, 5) is 15.5. The van der Waals surface area contributed by atoms with E-state index in [1.807, 2.05) is 60.4 Å². The predicted molar refractivity (Wildman–Crippen MR) is 110 cm³/mol. The van der Waals surface area contributed by atoms with Gasteiger partial charge in [-0.1, -0.05) is 30.3 Å². The molecule has 1 aromatic heterocycles. The van der Waals surface area contributed by atoms with Crippen LogP contribution in [0.4, 0.5) is 0 Å². The summed E-state index contributed by atoms with van der Waals surface area (Å²) in [6, 6.07) is 15.9. The van der Waals surface area contributed by atoms with E-state index in [-0.39, 0.29) is 24.1 Å². The number of aliphatic hydroxyl groups is 1. The summed E-state index contributed by atoms with van der Waals surface area (Å²) in [6.45, 7) is 2.32. The molecule has 1 unspecified atom stereocenters. The maximum Gasteiger partial charge on any atom is 0.258 e. The molecule has 0 spiro atoms. The SMILES string of the molecule is Cc1oc2ccc(OCc3ccccc3)cc2c1C(=O)N1[C@@H]2CC[C@H]1CC(O)C2. The Labute approximate surface area is 169 Å². The summed E-state index contributed by atoms with van der Waals surface area (Å²) in [5.41, 5.74) is 2.41. The van der Waals surface area contributed by atoms with Crippen LogP contribution >= 0.6 is 0 Å². The van der Waals surface area contributed by atoms with Gasteiger partial charge < -0.3 is 19.2 Å². The average Bonchev–Trinajstić information content (AvgIpc) is 3.19. The molecule has 0 radical (unpaired) electrons. The fourth-order valence-electron chi connectivity index (χ4n) is 4.90. The highest BCUT2D eigenvalue weighted by molar-refractivity contribution is 6.07. The number of carbonyl (C=O) groups is 1. The van der Waals surface area contributed by atoms with Crippen LogP contribution in [0.25, 0.3) is 11.0 Å². The summed E-state index contributed by atoms with van der Waals surface area (Å²) < 4.78 is 11.8. The number of fused-ring (bicyclic) bond motifs is 3. The third-order valence-corrected chi connectivity index (χ3v) is 6.24. The molecular formula is C24H25NO4. The van der Waals surface area contributed by atoms with Crippen LogP contribution in [0.1, 0.15) is 47.4 Å². The Bertz CT molecular complexity index is 1030. The quantitative estimate of drug-likeness (QED) is 0.714. The van der Waals surface area contributed by atoms with Crippen molar-refractivity contribution in [1.29, 1.82) is 0 Å². The molecule has 3 aromatic rings. The minimum absolute atomic E-state index is 0.0147. The Balaban J connectivity index is 1.44. The molecule has 2 aliphatic rings. The number of ether oxygens (including phenoxy) is 1. The van der Waals surface area contributed by atoms with E-state index in [1.54, 1.807) is 0 Å². The molecule has 150 valence electrons. The van der Waals surface area contributed by atoms with Crippen LogP contribution in [-0.2, 0) is 6.61 Å². The largest absolute Gasteiger partial charge is 0.489 e. The highest BCUT2D eigenvalue weighted by Crippen LogP contribution is 2.39. The first-order valence-corrected chi connectivity index (χ1v) is 10.3. The van der Waals surface area contributed by atoms with Crippen LogP contribution in [-0.4, -0.2) is 34.1 Å². The van der Waals surface area contributed by atoms with Crippen LogP contribution in [0, 0.1) is 6.92 Å². The number of amides is 1. The zero-order valence-corrected chi connectivity index (χ0v) is 16.5. The smallest absolute Gasteiger partial charge is 0.258 e. The number of aryl methyl sites for hydroxylation is 1. The summed E-state index contributed by atoms with van der Waals surface area (Å²) in [5.74, 6) is 1.37.